The highest BCUT2D eigenvalue weighted by molar-refractivity contribution is 9.10. The van der Waals surface area contributed by atoms with E-state index in [2.05, 4.69) is 31.2 Å². The Bertz CT molecular complexity index is 430. The van der Waals surface area contributed by atoms with Crippen LogP contribution < -0.4 is 0 Å². The third kappa shape index (κ3) is 1.37. The lowest BCUT2D eigenvalue weighted by Crippen LogP contribution is -1.98. The Hall–Kier alpha value is -1.17. The molecule has 2 heterocycles. The van der Waals surface area contributed by atoms with Gasteiger partial charge in [0.05, 0.1) is 0 Å². The predicted octanol–water partition coefficient (Wildman–Crippen LogP) is 0.978. The number of aromatic nitrogens is 5. The van der Waals surface area contributed by atoms with Crippen molar-refractivity contribution in [2.75, 3.05) is 0 Å². The van der Waals surface area contributed by atoms with Gasteiger partial charge in [0.25, 0.3) is 0 Å². The molecule has 0 aliphatic heterocycles. The zero-order chi connectivity index (χ0) is 9.42. The molecule has 68 valence electrons. The van der Waals surface area contributed by atoms with Crippen molar-refractivity contribution in [3.8, 4) is 11.5 Å². The van der Waals surface area contributed by atoms with Crippen molar-refractivity contribution >= 4 is 15.9 Å². The van der Waals surface area contributed by atoms with Crippen LogP contribution in [0.4, 0.5) is 0 Å². The number of halogens is 1. The molecule has 0 fully saturated rings. The molecule has 0 amide bonds. The molecule has 0 saturated heterocycles. The molecule has 0 aromatic carbocycles. The number of hydrogen-bond acceptors (Lipinski definition) is 3. The number of hydrogen-bond donors (Lipinski definition) is 0. The van der Waals surface area contributed by atoms with Crippen LogP contribution in [-0.2, 0) is 14.1 Å². The van der Waals surface area contributed by atoms with Crippen LogP contribution in [0.15, 0.2) is 17.0 Å². The highest BCUT2D eigenvalue weighted by Gasteiger charge is 2.10. The first-order valence-electron chi connectivity index (χ1n) is 3.72. The van der Waals surface area contributed by atoms with Crippen LogP contribution in [0.3, 0.4) is 0 Å². The highest BCUT2D eigenvalue weighted by Crippen LogP contribution is 2.18. The SMILES string of the molecule is Cn1cnnc1-c1cc(Br)nn1C. The summed E-state index contributed by atoms with van der Waals surface area (Å²) in [5.41, 5.74) is 0.937. The summed E-state index contributed by atoms with van der Waals surface area (Å²) in [6.45, 7) is 0. The van der Waals surface area contributed by atoms with E-state index >= 15 is 0 Å². The fourth-order valence-electron chi connectivity index (χ4n) is 1.16. The maximum atomic E-state index is 4.16. The number of aryl methyl sites for hydroxylation is 2. The lowest BCUT2D eigenvalue weighted by molar-refractivity contribution is 0.755. The average Bonchev–Trinajstić information content (AvgIpc) is 2.58. The average molecular weight is 242 g/mol. The normalized spacial score (nSPS) is 10.7. The van der Waals surface area contributed by atoms with Gasteiger partial charge in [-0.05, 0) is 15.9 Å². The Morgan fingerprint density at radius 3 is 2.62 bits per heavy atom. The van der Waals surface area contributed by atoms with Gasteiger partial charge in [0.2, 0.25) is 0 Å². The van der Waals surface area contributed by atoms with Gasteiger partial charge in [-0.1, -0.05) is 0 Å². The summed E-state index contributed by atoms with van der Waals surface area (Å²) in [6, 6.07) is 1.91. The van der Waals surface area contributed by atoms with E-state index in [1.165, 1.54) is 0 Å². The van der Waals surface area contributed by atoms with E-state index in [-0.39, 0.29) is 0 Å². The Kier molecular flexibility index (Phi) is 1.91. The first-order valence-corrected chi connectivity index (χ1v) is 4.51. The molecule has 0 aliphatic carbocycles. The molecule has 6 heteroatoms. The van der Waals surface area contributed by atoms with E-state index in [4.69, 9.17) is 0 Å². The van der Waals surface area contributed by atoms with E-state index in [0.717, 1.165) is 16.1 Å². The van der Waals surface area contributed by atoms with Gasteiger partial charge in [-0.25, -0.2) is 0 Å². The van der Waals surface area contributed by atoms with Crippen LogP contribution in [0, 0.1) is 0 Å². The minimum Gasteiger partial charge on any atom is -0.315 e. The summed E-state index contributed by atoms with van der Waals surface area (Å²) >= 11 is 3.30. The lowest BCUT2D eigenvalue weighted by atomic mass is 10.4. The molecule has 0 bridgehead atoms. The van der Waals surface area contributed by atoms with Crippen LogP contribution in [-0.4, -0.2) is 24.5 Å². The van der Waals surface area contributed by atoms with Crippen LogP contribution >= 0.6 is 15.9 Å². The van der Waals surface area contributed by atoms with Gasteiger partial charge >= 0.3 is 0 Å². The Balaban J connectivity index is 2.58. The van der Waals surface area contributed by atoms with E-state index < -0.39 is 0 Å². The third-order valence-corrected chi connectivity index (χ3v) is 2.18. The Morgan fingerprint density at radius 1 is 1.38 bits per heavy atom. The zero-order valence-electron chi connectivity index (χ0n) is 7.27. The quantitative estimate of drug-likeness (QED) is 0.748. The molecule has 5 nitrogen and oxygen atoms in total. The van der Waals surface area contributed by atoms with Gasteiger partial charge in [-0.3, -0.25) is 4.68 Å². The predicted molar refractivity (Wildman–Crippen MR) is 50.9 cm³/mol. The smallest absolute Gasteiger partial charge is 0.181 e. The molecular weight excluding hydrogens is 234 g/mol. The molecular formula is C7H8BrN5. The van der Waals surface area contributed by atoms with Crippen LogP contribution in [0.2, 0.25) is 0 Å². The summed E-state index contributed by atoms with van der Waals surface area (Å²) < 4.78 is 4.41. The monoisotopic (exact) mass is 241 g/mol. The van der Waals surface area contributed by atoms with Gasteiger partial charge in [-0.15, -0.1) is 10.2 Å². The molecule has 2 aromatic rings. The molecule has 2 rings (SSSR count). The first-order chi connectivity index (χ1) is 6.18. The van der Waals surface area contributed by atoms with Crippen molar-refractivity contribution in [1.82, 2.24) is 24.5 Å². The fraction of sp³-hybridized carbons (Fsp3) is 0.286. The van der Waals surface area contributed by atoms with Crippen molar-refractivity contribution in [3.63, 3.8) is 0 Å². The molecule has 0 N–H and O–H groups in total. The highest BCUT2D eigenvalue weighted by atomic mass is 79.9. The lowest BCUT2D eigenvalue weighted by Gasteiger charge is -1.98. The standard InChI is InChI=1S/C7H8BrN5/c1-12-4-9-10-7(12)5-3-6(8)11-13(5)2/h3-4H,1-2H3. The maximum Gasteiger partial charge on any atom is 0.181 e. The van der Waals surface area contributed by atoms with Crippen LogP contribution in [0.5, 0.6) is 0 Å². The molecule has 13 heavy (non-hydrogen) atoms. The van der Waals surface area contributed by atoms with Gasteiger partial charge in [0.15, 0.2) is 5.82 Å². The molecule has 2 aromatic heterocycles. The largest absolute Gasteiger partial charge is 0.315 e. The van der Waals surface area contributed by atoms with Gasteiger partial charge < -0.3 is 4.57 Å². The summed E-state index contributed by atoms with van der Waals surface area (Å²) in [5, 5.41) is 12.0. The minimum atomic E-state index is 0.799. The molecule has 0 atom stereocenters. The molecule has 0 radical (unpaired) electrons. The summed E-state index contributed by atoms with van der Waals surface area (Å²) in [7, 11) is 3.77. The van der Waals surface area contributed by atoms with Crippen molar-refractivity contribution in [2.24, 2.45) is 14.1 Å². The van der Waals surface area contributed by atoms with Crippen molar-refractivity contribution in [3.05, 3.63) is 17.0 Å². The Morgan fingerprint density at radius 2 is 2.15 bits per heavy atom. The third-order valence-electron chi connectivity index (χ3n) is 1.79. The van der Waals surface area contributed by atoms with E-state index in [1.807, 2.05) is 24.7 Å². The van der Waals surface area contributed by atoms with Crippen molar-refractivity contribution in [2.45, 2.75) is 0 Å². The van der Waals surface area contributed by atoms with Crippen molar-refractivity contribution < 1.29 is 0 Å². The van der Waals surface area contributed by atoms with Gasteiger partial charge in [0.1, 0.15) is 16.6 Å². The number of nitrogens with zero attached hydrogens (tertiary/aromatic N) is 5. The molecule has 0 spiro atoms. The minimum absolute atomic E-state index is 0.799. The van der Waals surface area contributed by atoms with E-state index in [1.54, 1.807) is 11.0 Å². The summed E-state index contributed by atoms with van der Waals surface area (Å²) in [6.07, 6.45) is 1.66. The fourth-order valence-corrected chi connectivity index (χ4v) is 1.61. The zero-order valence-corrected chi connectivity index (χ0v) is 8.85. The Labute approximate surface area is 83.5 Å². The van der Waals surface area contributed by atoms with Crippen LogP contribution in [0.25, 0.3) is 11.5 Å². The molecule has 0 unspecified atom stereocenters. The first kappa shape index (κ1) is 8.43. The second-order valence-electron chi connectivity index (χ2n) is 2.74. The van der Waals surface area contributed by atoms with E-state index in [9.17, 15) is 0 Å². The molecule has 0 saturated carbocycles. The topological polar surface area (TPSA) is 48.5 Å². The number of rotatable bonds is 1. The summed E-state index contributed by atoms with van der Waals surface area (Å²) in [5.74, 6) is 0.806. The van der Waals surface area contributed by atoms with Crippen LogP contribution in [0.1, 0.15) is 0 Å². The molecule has 0 aliphatic rings. The van der Waals surface area contributed by atoms with Crippen molar-refractivity contribution in [1.29, 1.82) is 0 Å². The van der Waals surface area contributed by atoms with Gasteiger partial charge in [-0.2, -0.15) is 5.10 Å². The maximum absolute atomic E-state index is 4.16. The summed E-state index contributed by atoms with van der Waals surface area (Å²) in [4.78, 5) is 0. The van der Waals surface area contributed by atoms with E-state index in [0.29, 0.717) is 0 Å². The van der Waals surface area contributed by atoms with Gasteiger partial charge in [0, 0.05) is 20.2 Å². The second-order valence-corrected chi connectivity index (χ2v) is 3.55. The second kappa shape index (κ2) is 2.95.